The van der Waals surface area contributed by atoms with E-state index < -0.39 is 0 Å². The van der Waals surface area contributed by atoms with Gasteiger partial charge in [0.05, 0.1) is 6.07 Å². The zero-order valence-corrected chi connectivity index (χ0v) is 14.0. The second kappa shape index (κ2) is 5.86. The van der Waals surface area contributed by atoms with Gasteiger partial charge in [0, 0.05) is 10.7 Å². The third kappa shape index (κ3) is 2.47. The standard InChI is InChI=1S/C16H17ClN4S/c1-11-4-5-12(17)10-13(11)19-14-16(6-2-3-7-16)21(9-8-18)15(22)20-14/h4-5,10H,2-3,6-7,9H2,1H3,(H,19,20,22). The topological polar surface area (TPSA) is 51.4 Å². The van der Waals surface area contributed by atoms with Gasteiger partial charge in [0.25, 0.3) is 0 Å². The number of nitrogens with zero attached hydrogens (tertiary/aromatic N) is 3. The molecule has 1 heterocycles. The molecule has 3 rings (SSSR count). The Bertz CT molecular complexity index is 686. The van der Waals surface area contributed by atoms with Crippen LogP contribution in [-0.2, 0) is 0 Å². The van der Waals surface area contributed by atoms with Gasteiger partial charge >= 0.3 is 0 Å². The number of aliphatic imine (C=N–C) groups is 1. The number of benzene rings is 1. The van der Waals surface area contributed by atoms with Crippen LogP contribution in [0.1, 0.15) is 31.2 Å². The van der Waals surface area contributed by atoms with Gasteiger partial charge in [-0.1, -0.05) is 30.5 Å². The maximum Gasteiger partial charge on any atom is 0.198 e. The predicted molar refractivity (Wildman–Crippen MR) is 93.4 cm³/mol. The zero-order valence-electron chi connectivity index (χ0n) is 12.4. The fraction of sp³-hybridized carbons (Fsp3) is 0.438. The number of aryl methyl sites for hydroxylation is 1. The SMILES string of the molecule is Cc1ccc(Cl)cc1NC1=NC(=S)N(CC#N)C12CCCC2. The Kier molecular flexibility index (Phi) is 4.07. The highest BCUT2D eigenvalue weighted by Gasteiger charge is 2.49. The molecule has 2 aliphatic rings. The van der Waals surface area contributed by atoms with E-state index in [1.165, 1.54) is 0 Å². The third-order valence-electron chi connectivity index (χ3n) is 4.51. The van der Waals surface area contributed by atoms with Crippen LogP contribution in [0.2, 0.25) is 5.02 Å². The second-order valence-corrected chi connectivity index (χ2v) is 6.61. The highest BCUT2D eigenvalue weighted by Crippen LogP contribution is 2.41. The molecule has 22 heavy (non-hydrogen) atoms. The first-order valence-electron chi connectivity index (χ1n) is 7.38. The van der Waals surface area contributed by atoms with Gasteiger partial charge in [-0.05, 0) is 49.7 Å². The molecule has 1 aliphatic carbocycles. The van der Waals surface area contributed by atoms with Crippen LogP contribution < -0.4 is 5.32 Å². The lowest BCUT2D eigenvalue weighted by Gasteiger charge is -2.35. The van der Waals surface area contributed by atoms with E-state index >= 15 is 0 Å². The lowest BCUT2D eigenvalue weighted by Crippen LogP contribution is -2.51. The maximum absolute atomic E-state index is 9.10. The molecule has 0 unspecified atom stereocenters. The van der Waals surface area contributed by atoms with Gasteiger partial charge in [-0.15, -0.1) is 0 Å². The number of halogens is 1. The van der Waals surface area contributed by atoms with E-state index in [1.807, 2.05) is 30.0 Å². The van der Waals surface area contributed by atoms with Crippen LogP contribution in [0.3, 0.4) is 0 Å². The number of hydrogen-bond donors (Lipinski definition) is 1. The van der Waals surface area contributed by atoms with E-state index in [2.05, 4.69) is 16.4 Å². The van der Waals surface area contributed by atoms with E-state index in [1.54, 1.807) is 0 Å². The van der Waals surface area contributed by atoms with Crippen molar-refractivity contribution in [2.75, 3.05) is 11.9 Å². The molecule has 1 aromatic carbocycles. The lowest BCUT2D eigenvalue weighted by molar-refractivity contribution is 0.293. The zero-order chi connectivity index (χ0) is 15.7. The Morgan fingerprint density at radius 2 is 2.18 bits per heavy atom. The molecule has 0 radical (unpaired) electrons. The predicted octanol–water partition coefficient (Wildman–Crippen LogP) is 3.90. The van der Waals surface area contributed by atoms with E-state index in [4.69, 9.17) is 29.1 Å². The largest absolute Gasteiger partial charge is 0.341 e. The molecule has 6 heteroatoms. The van der Waals surface area contributed by atoms with Crippen molar-refractivity contribution < 1.29 is 0 Å². The van der Waals surface area contributed by atoms with Crippen molar-refractivity contribution >= 4 is 40.5 Å². The highest BCUT2D eigenvalue weighted by molar-refractivity contribution is 7.80. The van der Waals surface area contributed by atoms with Gasteiger partial charge in [0.1, 0.15) is 17.9 Å². The van der Waals surface area contributed by atoms with Crippen LogP contribution in [0.4, 0.5) is 5.69 Å². The smallest absolute Gasteiger partial charge is 0.198 e. The summed E-state index contributed by atoms with van der Waals surface area (Å²) < 4.78 is 0. The van der Waals surface area contributed by atoms with Crippen molar-refractivity contribution in [3.63, 3.8) is 0 Å². The summed E-state index contributed by atoms with van der Waals surface area (Å²) in [7, 11) is 0. The number of nitrogens with one attached hydrogen (secondary N) is 1. The van der Waals surface area contributed by atoms with Gasteiger partial charge in [0.15, 0.2) is 5.11 Å². The van der Waals surface area contributed by atoms with E-state index in [9.17, 15) is 0 Å². The minimum absolute atomic E-state index is 0.248. The number of rotatable bonds is 2. The molecule has 114 valence electrons. The Labute approximate surface area is 140 Å². The summed E-state index contributed by atoms with van der Waals surface area (Å²) in [6, 6.07) is 7.96. The quantitative estimate of drug-likeness (QED) is 0.659. The summed E-state index contributed by atoms with van der Waals surface area (Å²) in [5.74, 6) is 0.857. The molecule has 1 saturated carbocycles. The van der Waals surface area contributed by atoms with E-state index in [-0.39, 0.29) is 12.1 Å². The van der Waals surface area contributed by atoms with E-state index in [0.717, 1.165) is 42.8 Å². The Hall–Kier alpha value is -1.64. The third-order valence-corrected chi connectivity index (χ3v) is 5.05. The molecule has 1 fully saturated rings. The van der Waals surface area contributed by atoms with Crippen molar-refractivity contribution in [1.82, 2.24) is 4.90 Å². The summed E-state index contributed by atoms with van der Waals surface area (Å²) in [6.07, 6.45) is 4.19. The van der Waals surface area contributed by atoms with Gasteiger partial charge in [-0.2, -0.15) is 5.26 Å². The van der Waals surface area contributed by atoms with Crippen LogP contribution in [0, 0.1) is 18.3 Å². The number of nitriles is 1. The average molecular weight is 333 g/mol. The van der Waals surface area contributed by atoms with Crippen molar-refractivity contribution in [2.24, 2.45) is 4.99 Å². The molecule has 0 aromatic heterocycles. The number of anilines is 1. The lowest BCUT2D eigenvalue weighted by atomic mass is 9.94. The number of thiocarbonyl (C=S) groups is 1. The van der Waals surface area contributed by atoms with Crippen LogP contribution in [0.5, 0.6) is 0 Å². The Morgan fingerprint density at radius 3 is 2.86 bits per heavy atom. The molecule has 1 aliphatic heterocycles. The molecule has 0 saturated heterocycles. The van der Waals surface area contributed by atoms with Gasteiger partial charge in [-0.25, -0.2) is 4.99 Å². The molecular weight excluding hydrogens is 316 g/mol. The first kappa shape index (κ1) is 15.3. The van der Waals surface area contributed by atoms with Gasteiger partial charge < -0.3 is 10.2 Å². The molecule has 0 amide bonds. The fourth-order valence-electron chi connectivity index (χ4n) is 3.33. The van der Waals surface area contributed by atoms with Crippen molar-refractivity contribution in [3.8, 4) is 6.07 Å². The van der Waals surface area contributed by atoms with Crippen LogP contribution in [-0.4, -0.2) is 27.9 Å². The van der Waals surface area contributed by atoms with Crippen molar-refractivity contribution in [1.29, 1.82) is 5.26 Å². The molecule has 0 bridgehead atoms. The number of amidine groups is 1. The summed E-state index contributed by atoms with van der Waals surface area (Å²) in [6.45, 7) is 2.31. The minimum atomic E-state index is -0.248. The fourth-order valence-corrected chi connectivity index (χ4v) is 3.83. The van der Waals surface area contributed by atoms with Gasteiger partial charge in [0.2, 0.25) is 0 Å². The molecule has 1 aromatic rings. The van der Waals surface area contributed by atoms with E-state index in [0.29, 0.717) is 10.1 Å². The first-order chi connectivity index (χ1) is 10.6. The van der Waals surface area contributed by atoms with Crippen LogP contribution in [0.25, 0.3) is 0 Å². The molecule has 1 N–H and O–H groups in total. The molecular formula is C16H17ClN4S. The summed E-state index contributed by atoms with van der Waals surface area (Å²) in [5.41, 5.74) is 1.80. The monoisotopic (exact) mass is 332 g/mol. The average Bonchev–Trinajstić information content (AvgIpc) is 3.06. The summed E-state index contributed by atoms with van der Waals surface area (Å²) in [4.78, 5) is 6.53. The van der Waals surface area contributed by atoms with Gasteiger partial charge in [-0.3, -0.25) is 0 Å². The summed E-state index contributed by atoms with van der Waals surface area (Å²) >= 11 is 11.5. The van der Waals surface area contributed by atoms with Crippen LogP contribution in [0.15, 0.2) is 23.2 Å². The van der Waals surface area contributed by atoms with Crippen molar-refractivity contribution in [3.05, 3.63) is 28.8 Å². The molecule has 1 spiro atoms. The number of hydrogen-bond acceptors (Lipinski definition) is 3. The molecule has 0 atom stereocenters. The maximum atomic E-state index is 9.10. The highest BCUT2D eigenvalue weighted by atomic mass is 35.5. The normalized spacial score (nSPS) is 19.4. The first-order valence-corrected chi connectivity index (χ1v) is 8.16. The Morgan fingerprint density at radius 1 is 1.45 bits per heavy atom. The Balaban J connectivity index is 1.95. The minimum Gasteiger partial charge on any atom is -0.341 e. The van der Waals surface area contributed by atoms with Crippen molar-refractivity contribution in [2.45, 2.75) is 38.1 Å². The van der Waals surface area contributed by atoms with Crippen LogP contribution >= 0.6 is 23.8 Å². The summed E-state index contributed by atoms with van der Waals surface area (Å²) in [5, 5.41) is 13.7. The molecule has 4 nitrogen and oxygen atoms in total. The second-order valence-electron chi connectivity index (χ2n) is 5.81.